The Hall–Kier alpha value is -1.31. The van der Waals surface area contributed by atoms with Gasteiger partial charge in [-0.3, -0.25) is 4.79 Å². The van der Waals surface area contributed by atoms with E-state index >= 15 is 0 Å². The van der Waals surface area contributed by atoms with Gasteiger partial charge in [0, 0.05) is 0 Å². The minimum Gasteiger partial charge on any atom is -0.461 e. The average molecular weight is 359 g/mol. The average Bonchev–Trinajstić information content (AvgIpc) is 3.33. The van der Waals surface area contributed by atoms with E-state index in [9.17, 15) is 4.79 Å². The molecule has 1 saturated carbocycles. The number of unbranched alkanes of at least 4 members (excludes halogenated alkanes) is 3. The van der Waals surface area contributed by atoms with Crippen LogP contribution in [-0.4, -0.2) is 12.1 Å². The molecule has 1 aromatic rings. The number of carbonyl (C=O) groups excluding carboxylic acids is 1. The van der Waals surface area contributed by atoms with Gasteiger partial charge in [0.1, 0.15) is 5.60 Å². The standard InChI is InChI=1S/C24H38O2/c1-20-12-13-21(10-7-9-15-24(16-17-24)26-19-25)18-22(20)11-6-5-8-14-23(2,3)4/h12-13,18-19H,5-11,14-17H2,1-4H3. The van der Waals surface area contributed by atoms with E-state index in [-0.39, 0.29) is 5.60 Å². The Bertz CT molecular complexity index is 564. The summed E-state index contributed by atoms with van der Waals surface area (Å²) < 4.78 is 5.23. The number of hydrogen-bond donors (Lipinski definition) is 0. The fourth-order valence-electron chi connectivity index (χ4n) is 3.74. The highest BCUT2D eigenvalue weighted by molar-refractivity contribution is 5.39. The second-order valence-corrected chi connectivity index (χ2v) is 9.49. The second kappa shape index (κ2) is 9.58. The summed E-state index contributed by atoms with van der Waals surface area (Å²) in [4.78, 5) is 10.5. The molecule has 0 N–H and O–H groups in total. The van der Waals surface area contributed by atoms with Gasteiger partial charge in [-0.2, -0.15) is 0 Å². The lowest BCUT2D eigenvalue weighted by Gasteiger charge is -2.17. The molecule has 26 heavy (non-hydrogen) atoms. The van der Waals surface area contributed by atoms with E-state index < -0.39 is 0 Å². The van der Waals surface area contributed by atoms with Crippen LogP contribution in [0.25, 0.3) is 0 Å². The number of rotatable bonds is 12. The van der Waals surface area contributed by atoms with Gasteiger partial charge in [-0.15, -0.1) is 0 Å². The van der Waals surface area contributed by atoms with Gasteiger partial charge in [0.2, 0.25) is 0 Å². The Kier molecular flexibility index (Phi) is 7.73. The summed E-state index contributed by atoms with van der Waals surface area (Å²) in [5, 5.41) is 0. The monoisotopic (exact) mass is 358 g/mol. The Morgan fingerprint density at radius 1 is 1.04 bits per heavy atom. The van der Waals surface area contributed by atoms with Gasteiger partial charge in [-0.05, 0) is 86.8 Å². The normalized spacial score (nSPS) is 15.7. The van der Waals surface area contributed by atoms with Crippen LogP contribution in [0.15, 0.2) is 18.2 Å². The quantitative estimate of drug-likeness (QED) is 0.312. The molecule has 1 fully saturated rings. The first-order valence-corrected chi connectivity index (χ1v) is 10.5. The van der Waals surface area contributed by atoms with Gasteiger partial charge < -0.3 is 4.74 Å². The molecular formula is C24H38O2. The van der Waals surface area contributed by atoms with Crippen LogP contribution >= 0.6 is 0 Å². The molecule has 0 heterocycles. The third-order valence-corrected chi connectivity index (χ3v) is 5.74. The van der Waals surface area contributed by atoms with Crippen LogP contribution in [0.2, 0.25) is 0 Å². The number of ether oxygens (including phenoxy) is 1. The van der Waals surface area contributed by atoms with Crippen molar-refractivity contribution in [1.82, 2.24) is 0 Å². The zero-order valence-electron chi connectivity index (χ0n) is 17.4. The predicted octanol–water partition coefficient (Wildman–Crippen LogP) is 6.56. The van der Waals surface area contributed by atoms with Crippen molar-refractivity contribution >= 4 is 6.47 Å². The van der Waals surface area contributed by atoms with Crippen molar-refractivity contribution in [2.45, 2.75) is 104 Å². The highest BCUT2D eigenvalue weighted by Gasteiger charge is 2.44. The zero-order chi connectivity index (χ0) is 19.0. The van der Waals surface area contributed by atoms with Crippen LogP contribution in [0, 0.1) is 12.3 Å². The van der Waals surface area contributed by atoms with E-state index in [0.717, 1.165) is 32.1 Å². The Labute approximate surface area is 160 Å². The highest BCUT2D eigenvalue weighted by atomic mass is 16.5. The molecule has 2 heteroatoms. The van der Waals surface area contributed by atoms with E-state index in [1.165, 1.54) is 55.2 Å². The van der Waals surface area contributed by atoms with Crippen molar-refractivity contribution in [1.29, 1.82) is 0 Å². The largest absolute Gasteiger partial charge is 0.461 e. The minimum atomic E-state index is -0.0900. The summed E-state index contributed by atoms with van der Waals surface area (Å²) in [7, 11) is 0. The minimum absolute atomic E-state index is 0.0900. The SMILES string of the molecule is Cc1ccc(CCCCC2(OC=O)CC2)cc1CCCCCC(C)(C)C. The van der Waals surface area contributed by atoms with Crippen LogP contribution in [0.5, 0.6) is 0 Å². The Morgan fingerprint density at radius 3 is 2.42 bits per heavy atom. The molecule has 0 saturated heterocycles. The van der Waals surface area contributed by atoms with E-state index in [4.69, 9.17) is 4.74 Å². The van der Waals surface area contributed by atoms with Crippen molar-refractivity contribution in [3.05, 3.63) is 34.9 Å². The molecule has 0 aromatic heterocycles. The van der Waals surface area contributed by atoms with Gasteiger partial charge in [-0.1, -0.05) is 51.8 Å². The second-order valence-electron chi connectivity index (χ2n) is 9.49. The van der Waals surface area contributed by atoms with Crippen LogP contribution in [0.1, 0.15) is 95.2 Å². The van der Waals surface area contributed by atoms with Crippen molar-refractivity contribution in [2.75, 3.05) is 0 Å². The third-order valence-electron chi connectivity index (χ3n) is 5.74. The maximum absolute atomic E-state index is 10.5. The fourth-order valence-corrected chi connectivity index (χ4v) is 3.74. The Balaban J connectivity index is 1.70. The lowest BCUT2D eigenvalue weighted by Crippen LogP contribution is -2.12. The maximum atomic E-state index is 10.5. The number of hydrogen-bond acceptors (Lipinski definition) is 2. The van der Waals surface area contributed by atoms with Gasteiger partial charge >= 0.3 is 0 Å². The van der Waals surface area contributed by atoms with Crippen LogP contribution in [-0.2, 0) is 22.4 Å². The molecule has 0 bridgehead atoms. The molecule has 2 rings (SSSR count). The summed E-state index contributed by atoms with van der Waals surface area (Å²) in [5.74, 6) is 0. The first-order valence-electron chi connectivity index (χ1n) is 10.5. The Morgan fingerprint density at radius 2 is 1.77 bits per heavy atom. The molecule has 0 unspecified atom stereocenters. The van der Waals surface area contributed by atoms with Gasteiger partial charge in [0.15, 0.2) is 0 Å². The van der Waals surface area contributed by atoms with Crippen molar-refractivity contribution in [2.24, 2.45) is 5.41 Å². The summed E-state index contributed by atoms with van der Waals surface area (Å²) in [6.45, 7) is 9.85. The van der Waals surface area contributed by atoms with Crippen LogP contribution in [0.3, 0.4) is 0 Å². The summed E-state index contributed by atoms with van der Waals surface area (Å²) in [6.07, 6.45) is 13.1. The van der Waals surface area contributed by atoms with Crippen LogP contribution in [0.4, 0.5) is 0 Å². The fraction of sp³-hybridized carbons (Fsp3) is 0.708. The van der Waals surface area contributed by atoms with Crippen molar-refractivity contribution in [3.8, 4) is 0 Å². The lowest BCUT2D eigenvalue weighted by molar-refractivity contribution is -0.135. The van der Waals surface area contributed by atoms with Gasteiger partial charge in [0.05, 0.1) is 0 Å². The smallest absolute Gasteiger partial charge is 0.293 e. The van der Waals surface area contributed by atoms with Gasteiger partial charge in [-0.25, -0.2) is 0 Å². The van der Waals surface area contributed by atoms with Gasteiger partial charge in [0.25, 0.3) is 6.47 Å². The van der Waals surface area contributed by atoms with E-state index in [0.29, 0.717) is 11.9 Å². The third kappa shape index (κ3) is 7.51. The first kappa shape index (κ1) is 21.0. The van der Waals surface area contributed by atoms with E-state index in [1.54, 1.807) is 0 Å². The molecule has 0 atom stereocenters. The summed E-state index contributed by atoms with van der Waals surface area (Å²) in [5.41, 5.74) is 4.79. The lowest BCUT2D eigenvalue weighted by atomic mass is 9.89. The molecular weight excluding hydrogens is 320 g/mol. The molecule has 1 aliphatic carbocycles. The molecule has 2 nitrogen and oxygen atoms in total. The maximum Gasteiger partial charge on any atom is 0.293 e. The van der Waals surface area contributed by atoms with E-state index in [1.807, 2.05) is 0 Å². The zero-order valence-corrected chi connectivity index (χ0v) is 17.4. The van der Waals surface area contributed by atoms with Crippen LogP contribution < -0.4 is 0 Å². The van der Waals surface area contributed by atoms with Crippen molar-refractivity contribution in [3.63, 3.8) is 0 Å². The first-order chi connectivity index (χ1) is 12.3. The molecule has 0 amide bonds. The molecule has 0 aliphatic heterocycles. The molecule has 1 aromatic carbocycles. The number of benzene rings is 1. The molecule has 0 radical (unpaired) electrons. The summed E-state index contributed by atoms with van der Waals surface area (Å²) in [6, 6.07) is 7.00. The number of aryl methyl sites for hydroxylation is 3. The molecule has 1 aliphatic rings. The molecule has 146 valence electrons. The highest BCUT2D eigenvalue weighted by Crippen LogP contribution is 2.43. The van der Waals surface area contributed by atoms with E-state index in [2.05, 4.69) is 45.9 Å². The number of carbonyl (C=O) groups is 1. The van der Waals surface area contributed by atoms with Crippen molar-refractivity contribution < 1.29 is 9.53 Å². The predicted molar refractivity (Wildman–Crippen MR) is 109 cm³/mol. The topological polar surface area (TPSA) is 26.3 Å². The summed E-state index contributed by atoms with van der Waals surface area (Å²) >= 11 is 0. The molecule has 0 spiro atoms.